The molecule has 1 aromatic carbocycles. The third-order valence-corrected chi connectivity index (χ3v) is 9.26. The highest BCUT2D eigenvalue weighted by molar-refractivity contribution is 5.97. The molecule has 10 nitrogen and oxygen atoms in total. The van der Waals surface area contributed by atoms with Gasteiger partial charge in [0.25, 0.3) is 0 Å². The van der Waals surface area contributed by atoms with Crippen LogP contribution < -0.4 is 10.6 Å². The fraction of sp³-hybridized carbons (Fsp3) is 0.421. The lowest BCUT2D eigenvalue weighted by Gasteiger charge is -2.41. The summed E-state index contributed by atoms with van der Waals surface area (Å²) >= 11 is 0. The first-order valence-corrected chi connectivity index (χ1v) is 16.9. The van der Waals surface area contributed by atoms with Gasteiger partial charge in [-0.25, -0.2) is 19.1 Å². The van der Waals surface area contributed by atoms with Crippen LogP contribution in [0.1, 0.15) is 83.0 Å². The van der Waals surface area contributed by atoms with E-state index in [4.69, 9.17) is 24.7 Å². The zero-order valence-corrected chi connectivity index (χ0v) is 28.8. The van der Waals surface area contributed by atoms with Crippen molar-refractivity contribution in [3.05, 3.63) is 82.2 Å². The Balaban J connectivity index is 1.47. The third kappa shape index (κ3) is 5.77. The highest BCUT2D eigenvalue weighted by atomic mass is 16.6. The van der Waals surface area contributed by atoms with Crippen LogP contribution in [0.3, 0.4) is 0 Å². The maximum absolute atomic E-state index is 14.4. The summed E-state index contributed by atoms with van der Waals surface area (Å²) in [5.41, 5.74) is 5.81. The van der Waals surface area contributed by atoms with E-state index in [0.29, 0.717) is 37.0 Å². The Morgan fingerprint density at radius 1 is 1.00 bits per heavy atom. The van der Waals surface area contributed by atoms with Gasteiger partial charge in [-0.15, -0.1) is 0 Å². The van der Waals surface area contributed by atoms with Crippen LogP contribution in [-0.2, 0) is 4.74 Å². The standard InChI is InChI=1S/C38H43N7O3/c1-22(2)30-33(23(3)15-17-40-30)45-35-29(34(42-36(45)46)44-19-18-43(21-24(44)4)37(47)48-38(5,6)7)20-28(25-13-14-25)32(41-35)27-12-8-10-26-11-9-16-39-31(26)27/h8-12,15-17,20,22,24-25H,13-14,18-19,21H2,1-7H3/t24-/m0/s1. The van der Waals surface area contributed by atoms with Crippen LogP contribution in [0, 0.1) is 6.92 Å². The molecule has 0 unspecified atom stereocenters. The topological polar surface area (TPSA) is 106 Å². The summed E-state index contributed by atoms with van der Waals surface area (Å²) in [4.78, 5) is 51.0. The van der Waals surface area contributed by atoms with Gasteiger partial charge in [-0.05, 0) is 88.6 Å². The molecule has 5 aromatic rings. The summed E-state index contributed by atoms with van der Waals surface area (Å²) in [6.07, 6.45) is 5.42. The Morgan fingerprint density at radius 3 is 2.48 bits per heavy atom. The molecule has 1 aliphatic carbocycles. The fourth-order valence-corrected chi connectivity index (χ4v) is 6.83. The van der Waals surface area contributed by atoms with Crippen molar-refractivity contribution in [1.82, 2.24) is 29.4 Å². The minimum atomic E-state index is -0.582. The molecule has 1 amide bonds. The summed E-state index contributed by atoms with van der Waals surface area (Å²) < 4.78 is 7.34. The van der Waals surface area contributed by atoms with Gasteiger partial charge < -0.3 is 14.5 Å². The Labute approximate surface area is 280 Å². The molecular weight excluding hydrogens is 602 g/mol. The summed E-state index contributed by atoms with van der Waals surface area (Å²) in [6, 6.07) is 14.2. The summed E-state index contributed by atoms with van der Waals surface area (Å²) in [7, 11) is 0. The van der Waals surface area contributed by atoms with Gasteiger partial charge in [0.2, 0.25) is 0 Å². The molecule has 1 saturated heterocycles. The van der Waals surface area contributed by atoms with Crippen LogP contribution in [0.5, 0.6) is 0 Å². The molecule has 7 rings (SSSR count). The summed E-state index contributed by atoms with van der Waals surface area (Å²) in [5.74, 6) is 1.01. The Morgan fingerprint density at radius 2 is 1.77 bits per heavy atom. The lowest BCUT2D eigenvalue weighted by molar-refractivity contribution is 0.0218. The molecule has 10 heteroatoms. The zero-order chi connectivity index (χ0) is 33.9. The summed E-state index contributed by atoms with van der Waals surface area (Å²) in [6.45, 7) is 15.2. The number of ether oxygens (including phenoxy) is 1. The predicted octanol–water partition coefficient (Wildman–Crippen LogP) is 7.15. The molecule has 1 saturated carbocycles. The van der Waals surface area contributed by atoms with Gasteiger partial charge in [0.05, 0.1) is 28.0 Å². The van der Waals surface area contributed by atoms with Gasteiger partial charge >= 0.3 is 11.8 Å². The number of benzene rings is 1. The Kier molecular flexibility index (Phi) is 7.92. The second-order valence-electron chi connectivity index (χ2n) is 14.5. The monoisotopic (exact) mass is 645 g/mol. The average molecular weight is 646 g/mol. The number of carbonyl (C=O) groups is 1. The van der Waals surface area contributed by atoms with Crippen LogP contribution in [0.4, 0.5) is 10.6 Å². The number of hydrogen-bond donors (Lipinski definition) is 0. The number of carbonyl (C=O) groups excluding carboxylic acids is 1. The number of amides is 1. The molecule has 0 bridgehead atoms. The van der Waals surface area contributed by atoms with Crippen LogP contribution in [0.15, 0.2) is 59.7 Å². The Hall–Kier alpha value is -4.86. The fourth-order valence-electron chi connectivity index (χ4n) is 6.83. The molecule has 248 valence electrons. The molecule has 2 aliphatic rings. The highest BCUT2D eigenvalue weighted by Gasteiger charge is 2.34. The van der Waals surface area contributed by atoms with Gasteiger partial charge in [-0.2, -0.15) is 4.98 Å². The number of hydrogen-bond acceptors (Lipinski definition) is 8. The van der Waals surface area contributed by atoms with Crippen LogP contribution in [0.2, 0.25) is 0 Å². The lowest BCUT2D eigenvalue weighted by atomic mass is 9.98. The van der Waals surface area contributed by atoms with E-state index in [1.807, 2.05) is 52.1 Å². The average Bonchev–Trinajstić information content (AvgIpc) is 3.89. The second-order valence-corrected chi connectivity index (χ2v) is 14.5. The van der Waals surface area contributed by atoms with Crippen molar-refractivity contribution in [2.75, 3.05) is 24.5 Å². The first-order chi connectivity index (χ1) is 22.9. The van der Waals surface area contributed by atoms with E-state index >= 15 is 0 Å². The molecule has 5 heterocycles. The SMILES string of the molecule is Cc1ccnc(C(C)C)c1-n1c(=O)nc(N2CCN(C(=O)OC(C)(C)C)C[C@@H]2C)c2cc(C3CC3)c(-c3cccc4cccnc34)nc21. The maximum atomic E-state index is 14.4. The number of fused-ring (bicyclic) bond motifs is 2. The van der Waals surface area contributed by atoms with Gasteiger partial charge in [0, 0.05) is 49.0 Å². The first kappa shape index (κ1) is 31.7. The van der Waals surface area contributed by atoms with E-state index < -0.39 is 11.3 Å². The van der Waals surface area contributed by atoms with Crippen molar-refractivity contribution in [3.8, 4) is 16.9 Å². The number of piperazine rings is 1. The van der Waals surface area contributed by atoms with E-state index in [-0.39, 0.29) is 18.1 Å². The van der Waals surface area contributed by atoms with Crippen molar-refractivity contribution in [2.45, 2.75) is 84.8 Å². The normalized spacial score (nSPS) is 17.0. The third-order valence-electron chi connectivity index (χ3n) is 9.26. The molecule has 0 radical (unpaired) electrons. The highest BCUT2D eigenvalue weighted by Crippen LogP contribution is 2.46. The first-order valence-electron chi connectivity index (χ1n) is 16.9. The van der Waals surface area contributed by atoms with Crippen molar-refractivity contribution >= 4 is 33.8 Å². The van der Waals surface area contributed by atoms with Crippen LogP contribution in [-0.4, -0.2) is 66.8 Å². The van der Waals surface area contributed by atoms with Gasteiger partial charge in [-0.3, -0.25) is 9.97 Å². The van der Waals surface area contributed by atoms with Gasteiger partial charge in [-0.1, -0.05) is 38.1 Å². The second kappa shape index (κ2) is 12.0. The smallest absolute Gasteiger partial charge is 0.410 e. The zero-order valence-electron chi connectivity index (χ0n) is 28.8. The number of aromatic nitrogens is 5. The molecule has 48 heavy (non-hydrogen) atoms. The number of aryl methyl sites for hydroxylation is 1. The van der Waals surface area contributed by atoms with Crippen molar-refractivity contribution in [3.63, 3.8) is 0 Å². The number of anilines is 1. The molecular formula is C38H43N7O3. The minimum Gasteiger partial charge on any atom is -0.444 e. The van der Waals surface area contributed by atoms with Crippen molar-refractivity contribution in [1.29, 1.82) is 0 Å². The van der Waals surface area contributed by atoms with E-state index in [9.17, 15) is 9.59 Å². The number of pyridine rings is 3. The molecule has 1 atom stereocenters. The van der Waals surface area contributed by atoms with E-state index in [1.54, 1.807) is 15.7 Å². The summed E-state index contributed by atoms with van der Waals surface area (Å²) in [5, 5.41) is 1.84. The molecule has 1 aliphatic heterocycles. The van der Waals surface area contributed by atoms with E-state index in [2.05, 4.69) is 49.9 Å². The molecule has 0 spiro atoms. The van der Waals surface area contributed by atoms with E-state index in [0.717, 1.165) is 62.9 Å². The van der Waals surface area contributed by atoms with Crippen LogP contribution >= 0.6 is 0 Å². The van der Waals surface area contributed by atoms with Gasteiger partial charge in [0.15, 0.2) is 5.65 Å². The Bertz CT molecular complexity index is 2110. The molecule has 2 fully saturated rings. The van der Waals surface area contributed by atoms with Gasteiger partial charge in [0.1, 0.15) is 11.4 Å². The van der Waals surface area contributed by atoms with Crippen molar-refractivity contribution < 1.29 is 9.53 Å². The van der Waals surface area contributed by atoms with Crippen LogP contribution in [0.25, 0.3) is 38.9 Å². The predicted molar refractivity (Wildman–Crippen MR) is 189 cm³/mol. The minimum absolute atomic E-state index is 0.0648. The largest absolute Gasteiger partial charge is 0.444 e. The molecule has 4 aromatic heterocycles. The van der Waals surface area contributed by atoms with E-state index in [1.165, 1.54) is 0 Å². The quantitative estimate of drug-likeness (QED) is 0.199. The number of rotatable bonds is 5. The molecule has 0 N–H and O–H groups in total. The number of para-hydroxylation sites is 1. The maximum Gasteiger partial charge on any atom is 0.410 e. The van der Waals surface area contributed by atoms with Crippen molar-refractivity contribution in [2.24, 2.45) is 0 Å². The lowest BCUT2D eigenvalue weighted by Crippen LogP contribution is -2.55. The number of nitrogens with zero attached hydrogens (tertiary/aromatic N) is 7.